The van der Waals surface area contributed by atoms with Gasteiger partial charge in [-0.05, 0) is 25.0 Å². The highest BCUT2D eigenvalue weighted by Gasteiger charge is 2.06. The van der Waals surface area contributed by atoms with Crippen molar-refractivity contribution >= 4 is 12.0 Å². The Morgan fingerprint density at radius 3 is 2.67 bits per heavy atom. The summed E-state index contributed by atoms with van der Waals surface area (Å²) < 4.78 is 0. The van der Waals surface area contributed by atoms with Crippen LogP contribution in [0.2, 0.25) is 0 Å². The summed E-state index contributed by atoms with van der Waals surface area (Å²) in [4.78, 5) is 10.8. The van der Waals surface area contributed by atoms with Crippen molar-refractivity contribution in [3.8, 4) is 0 Å². The van der Waals surface area contributed by atoms with Gasteiger partial charge in [-0.25, -0.2) is 0 Å². The first-order chi connectivity index (χ1) is 7.31. The van der Waals surface area contributed by atoms with Crippen LogP contribution in [0.3, 0.4) is 0 Å². The minimum absolute atomic E-state index is 0.469. The van der Waals surface area contributed by atoms with Gasteiger partial charge in [0.15, 0.2) is 6.29 Å². The molecule has 0 aromatic heterocycles. The zero-order chi connectivity index (χ0) is 11.1. The molecule has 1 rings (SSSR count). The second-order valence-electron chi connectivity index (χ2n) is 3.74. The van der Waals surface area contributed by atoms with E-state index in [0.29, 0.717) is 6.04 Å². The van der Waals surface area contributed by atoms with Crippen LogP contribution in [0.4, 0.5) is 5.69 Å². The lowest BCUT2D eigenvalue weighted by Crippen LogP contribution is -2.18. The third-order valence-corrected chi connectivity index (χ3v) is 2.58. The molecule has 2 nitrogen and oxygen atoms in total. The Balaban J connectivity index is 2.73. The number of hydrogen-bond acceptors (Lipinski definition) is 2. The van der Waals surface area contributed by atoms with Crippen molar-refractivity contribution in [3.63, 3.8) is 0 Å². The summed E-state index contributed by atoms with van der Waals surface area (Å²) in [6.07, 6.45) is 4.29. The number of carbonyl (C=O) groups excluding carboxylic acids is 1. The topological polar surface area (TPSA) is 29.1 Å². The largest absolute Gasteiger partial charge is 0.382 e. The van der Waals surface area contributed by atoms with E-state index in [9.17, 15) is 4.79 Å². The fourth-order valence-corrected chi connectivity index (χ4v) is 1.68. The highest BCUT2D eigenvalue weighted by atomic mass is 16.1. The average molecular weight is 205 g/mol. The van der Waals surface area contributed by atoms with Gasteiger partial charge in [0.25, 0.3) is 0 Å². The maximum Gasteiger partial charge on any atom is 0.152 e. The zero-order valence-corrected chi connectivity index (χ0v) is 9.49. The van der Waals surface area contributed by atoms with Crippen molar-refractivity contribution in [1.29, 1.82) is 0 Å². The molecule has 82 valence electrons. The van der Waals surface area contributed by atoms with Gasteiger partial charge in [0.2, 0.25) is 0 Å². The summed E-state index contributed by atoms with van der Waals surface area (Å²) in [5.41, 5.74) is 1.69. The van der Waals surface area contributed by atoms with Crippen LogP contribution in [0, 0.1) is 0 Å². The number of aldehydes is 1. The summed E-state index contributed by atoms with van der Waals surface area (Å²) in [5, 5.41) is 3.42. The molecule has 1 aromatic carbocycles. The van der Waals surface area contributed by atoms with E-state index in [2.05, 4.69) is 19.2 Å². The summed E-state index contributed by atoms with van der Waals surface area (Å²) >= 11 is 0. The van der Waals surface area contributed by atoms with Crippen LogP contribution in [0.1, 0.15) is 43.5 Å². The third-order valence-electron chi connectivity index (χ3n) is 2.58. The van der Waals surface area contributed by atoms with Crippen molar-refractivity contribution in [3.05, 3.63) is 29.8 Å². The van der Waals surface area contributed by atoms with Crippen LogP contribution in [0.25, 0.3) is 0 Å². The van der Waals surface area contributed by atoms with Crippen molar-refractivity contribution < 1.29 is 4.79 Å². The number of para-hydroxylation sites is 1. The number of benzene rings is 1. The summed E-state index contributed by atoms with van der Waals surface area (Å²) in [6.45, 7) is 4.34. The van der Waals surface area contributed by atoms with Gasteiger partial charge in [0, 0.05) is 17.3 Å². The number of carbonyl (C=O) groups is 1. The Kier molecular flexibility index (Phi) is 4.88. The molecular weight excluding hydrogens is 186 g/mol. The van der Waals surface area contributed by atoms with E-state index in [-0.39, 0.29) is 0 Å². The number of nitrogens with one attached hydrogen (secondary N) is 1. The van der Waals surface area contributed by atoms with Crippen LogP contribution < -0.4 is 5.32 Å². The van der Waals surface area contributed by atoms with Crippen LogP contribution >= 0.6 is 0 Å². The molecule has 0 bridgehead atoms. The van der Waals surface area contributed by atoms with Gasteiger partial charge in [-0.3, -0.25) is 4.79 Å². The molecule has 0 amide bonds. The standard InChI is InChI=1S/C13H19NO/c1-3-7-12(4-2)14-13-9-6-5-8-11(13)10-15/h5-6,8-10,12,14H,3-4,7H2,1-2H3. The fraction of sp³-hybridized carbons (Fsp3) is 0.462. The first-order valence-electron chi connectivity index (χ1n) is 5.62. The number of rotatable bonds is 6. The number of anilines is 1. The predicted octanol–water partition coefficient (Wildman–Crippen LogP) is 3.49. The highest BCUT2D eigenvalue weighted by molar-refractivity contribution is 5.84. The van der Waals surface area contributed by atoms with E-state index in [1.165, 1.54) is 0 Å². The van der Waals surface area contributed by atoms with Crippen LogP contribution in [-0.2, 0) is 0 Å². The van der Waals surface area contributed by atoms with E-state index in [0.717, 1.165) is 36.8 Å². The second kappa shape index (κ2) is 6.23. The van der Waals surface area contributed by atoms with E-state index in [1.807, 2.05) is 24.3 Å². The average Bonchev–Trinajstić information content (AvgIpc) is 2.29. The molecule has 0 spiro atoms. The summed E-state index contributed by atoms with van der Waals surface area (Å²) in [7, 11) is 0. The zero-order valence-electron chi connectivity index (χ0n) is 9.49. The molecule has 2 heteroatoms. The number of hydrogen-bond donors (Lipinski definition) is 1. The maximum absolute atomic E-state index is 10.8. The van der Waals surface area contributed by atoms with Crippen molar-refractivity contribution in [1.82, 2.24) is 0 Å². The lowest BCUT2D eigenvalue weighted by Gasteiger charge is -2.18. The third kappa shape index (κ3) is 3.39. The Bertz CT molecular complexity index is 309. The van der Waals surface area contributed by atoms with Gasteiger partial charge < -0.3 is 5.32 Å². The minimum Gasteiger partial charge on any atom is -0.382 e. The molecule has 0 heterocycles. The Hall–Kier alpha value is -1.31. The van der Waals surface area contributed by atoms with Gasteiger partial charge in [-0.1, -0.05) is 32.4 Å². The predicted molar refractivity (Wildman–Crippen MR) is 64.4 cm³/mol. The Morgan fingerprint density at radius 2 is 2.07 bits per heavy atom. The normalized spacial score (nSPS) is 12.1. The lowest BCUT2D eigenvalue weighted by molar-refractivity contribution is 0.112. The molecule has 0 fully saturated rings. The van der Waals surface area contributed by atoms with Gasteiger partial charge in [0.1, 0.15) is 0 Å². The molecule has 0 radical (unpaired) electrons. The fourth-order valence-electron chi connectivity index (χ4n) is 1.68. The van der Waals surface area contributed by atoms with Gasteiger partial charge in [0.05, 0.1) is 0 Å². The van der Waals surface area contributed by atoms with Crippen molar-refractivity contribution in [2.24, 2.45) is 0 Å². The van der Waals surface area contributed by atoms with E-state index < -0.39 is 0 Å². The quantitative estimate of drug-likeness (QED) is 0.720. The molecule has 1 aromatic rings. The van der Waals surface area contributed by atoms with Gasteiger partial charge >= 0.3 is 0 Å². The smallest absolute Gasteiger partial charge is 0.152 e. The van der Waals surface area contributed by atoms with Crippen LogP contribution in [0.15, 0.2) is 24.3 Å². The Labute approximate surface area is 91.7 Å². The molecule has 0 aliphatic heterocycles. The summed E-state index contributed by atoms with van der Waals surface area (Å²) in [6, 6.07) is 8.11. The van der Waals surface area contributed by atoms with E-state index in [4.69, 9.17) is 0 Å². The van der Waals surface area contributed by atoms with Crippen LogP contribution in [0.5, 0.6) is 0 Å². The first-order valence-corrected chi connectivity index (χ1v) is 5.62. The van der Waals surface area contributed by atoms with E-state index in [1.54, 1.807) is 0 Å². The highest BCUT2D eigenvalue weighted by Crippen LogP contribution is 2.16. The molecule has 0 aliphatic rings. The second-order valence-corrected chi connectivity index (χ2v) is 3.74. The van der Waals surface area contributed by atoms with Crippen molar-refractivity contribution in [2.45, 2.75) is 39.2 Å². The van der Waals surface area contributed by atoms with Gasteiger partial charge in [-0.2, -0.15) is 0 Å². The molecule has 1 atom stereocenters. The Morgan fingerprint density at radius 1 is 1.33 bits per heavy atom. The molecule has 0 saturated carbocycles. The van der Waals surface area contributed by atoms with Gasteiger partial charge in [-0.15, -0.1) is 0 Å². The summed E-state index contributed by atoms with van der Waals surface area (Å²) in [5.74, 6) is 0. The first kappa shape index (κ1) is 11.8. The van der Waals surface area contributed by atoms with Crippen LogP contribution in [-0.4, -0.2) is 12.3 Å². The molecular formula is C13H19NO. The molecule has 1 unspecified atom stereocenters. The minimum atomic E-state index is 0.469. The van der Waals surface area contributed by atoms with Crippen molar-refractivity contribution in [2.75, 3.05) is 5.32 Å². The SMILES string of the molecule is CCCC(CC)Nc1ccccc1C=O. The lowest BCUT2D eigenvalue weighted by atomic mass is 10.1. The molecule has 15 heavy (non-hydrogen) atoms. The molecule has 1 N–H and O–H groups in total. The maximum atomic E-state index is 10.8. The molecule has 0 saturated heterocycles. The molecule has 0 aliphatic carbocycles. The monoisotopic (exact) mass is 205 g/mol. The van der Waals surface area contributed by atoms with E-state index >= 15 is 0 Å².